The molecule has 2 heterocycles. The van der Waals surface area contributed by atoms with E-state index in [1.807, 2.05) is 5.38 Å². The zero-order valence-corrected chi connectivity index (χ0v) is 10.1. The van der Waals surface area contributed by atoms with Gasteiger partial charge in [0.25, 0.3) is 0 Å². The van der Waals surface area contributed by atoms with Gasteiger partial charge in [-0.3, -0.25) is 4.98 Å². The molecular weight excluding hydrogens is 241 g/mol. The van der Waals surface area contributed by atoms with E-state index in [-0.39, 0.29) is 5.82 Å². The number of pyridine rings is 1. The first-order chi connectivity index (χ1) is 8.29. The lowest BCUT2D eigenvalue weighted by Gasteiger charge is -2.00. The molecule has 0 aliphatic rings. The van der Waals surface area contributed by atoms with Crippen LogP contribution in [0.4, 0.5) is 9.52 Å². The number of nitrogens with zero attached hydrogens (tertiary/aromatic N) is 2. The van der Waals surface area contributed by atoms with Crippen LogP contribution in [0, 0.1) is 5.82 Å². The molecular formula is C11H12FN3OS. The first kappa shape index (κ1) is 11.9. The largest absolute Gasteiger partial charge is 0.383 e. The number of hydrogen-bond acceptors (Lipinski definition) is 5. The number of aromatic nitrogens is 2. The van der Waals surface area contributed by atoms with Crippen LogP contribution in [-0.2, 0) is 4.74 Å². The molecule has 0 aliphatic heterocycles. The maximum Gasteiger partial charge on any atom is 0.183 e. The molecule has 1 N–H and O–H groups in total. The third-order valence-electron chi connectivity index (χ3n) is 2.09. The van der Waals surface area contributed by atoms with E-state index in [2.05, 4.69) is 15.3 Å². The van der Waals surface area contributed by atoms with E-state index in [0.717, 1.165) is 10.8 Å². The molecule has 0 radical (unpaired) electrons. The summed E-state index contributed by atoms with van der Waals surface area (Å²) in [5.41, 5.74) is 1.41. The highest BCUT2D eigenvalue weighted by atomic mass is 32.1. The fraction of sp³-hybridized carbons (Fsp3) is 0.273. The molecule has 0 aliphatic carbocycles. The van der Waals surface area contributed by atoms with Crippen LogP contribution in [0.2, 0.25) is 0 Å². The van der Waals surface area contributed by atoms with E-state index in [1.54, 1.807) is 13.3 Å². The number of halogens is 1. The molecule has 17 heavy (non-hydrogen) atoms. The minimum atomic E-state index is -0.357. The number of thiazole rings is 1. The van der Waals surface area contributed by atoms with Gasteiger partial charge in [-0.05, 0) is 6.07 Å². The van der Waals surface area contributed by atoms with Gasteiger partial charge < -0.3 is 10.1 Å². The van der Waals surface area contributed by atoms with Crippen LogP contribution in [0.25, 0.3) is 11.3 Å². The fourth-order valence-corrected chi connectivity index (χ4v) is 2.05. The van der Waals surface area contributed by atoms with E-state index < -0.39 is 0 Å². The second-order valence-electron chi connectivity index (χ2n) is 3.35. The number of anilines is 1. The molecule has 6 heteroatoms. The lowest BCUT2D eigenvalue weighted by Crippen LogP contribution is -2.07. The molecule has 2 aromatic heterocycles. The zero-order valence-electron chi connectivity index (χ0n) is 9.31. The quantitative estimate of drug-likeness (QED) is 0.831. The van der Waals surface area contributed by atoms with E-state index in [4.69, 9.17) is 4.74 Å². The second-order valence-corrected chi connectivity index (χ2v) is 4.21. The van der Waals surface area contributed by atoms with Crippen molar-refractivity contribution < 1.29 is 9.13 Å². The van der Waals surface area contributed by atoms with Crippen LogP contribution in [0.3, 0.4) is 0 Å². The maximum atomic E-state index is 13.0. The van der Waals surface area contributed by atoms with Crippen molar-refractivity contribution in [2.75, 3.05) is 25.6 Å². The van der Waals surface area contributed by atoms with Crippen molar-refractivity contribution in [2.24, 2.45) is 0 Å². The Labute approximate surface area is 102 Å². The van der Waals surface area contributed by atoms with Gasteiger partial charge in [0.2, 0.25) is 0 Å². The lowest BCUT2D eigenvalue weighted by molar-refractivity contribution is 0.211. The number of ether oxygens (including phenoxy) is 1. The third kappa shape index (κ3) is 3.21. The highest BCUT2D eigenvalue weighted by molar-refractivity contribution is 7.14. The minimum absolute atomic E-state index is 0.357. The topological polar surface area (TPSA) is 47.0 Å². The van der Waals surface area contributed by atoms with Gasteiger partial charge in [0.15, 0.2) is 5.13 Å². The average Bonchev–Trinajstić information content (AvgIpc) is 2.78. The Bertz CT molecular complexity index is 489. The Hall–Kier alpha value is -1.53. The first-order valence-corrected chi connectivity index (χ1v) is 5.97. The third-order valence-corrected chi connectivity index (χ3v) is 2.89. The monoisotopic (exact) mass is 253 g/mol. The van der Waals surface area contributed by atoms with Gasteiger partial charge in [0.05, 0.1) is 18.5 Å². The van der Waals surface area contributed by atoms with Gasteiger partial charge in [0, 0.05) is 30.8 Å². The number of nitrogens with one attached hydrogen (secondary N) is 1. The van der Waals surface area contributed by atoms with Crippen molar-refractivity contribution in [1.29, 1.82) is 0 Å². The first-order valence-electron chi connectivity index (χ1n) is 5.09. The maximum absolute atomic E-state index is 13.0. The van der Waals surface area contributed by atoms with Gasteiger partial charge >= 0.3 is 0 Å². The summed E-state index contributed by atoms with van der Waals surface area (Å²) in [5, 5.41) is 5.78. The smallest absolute Gasteiger partial charge is 0.183 e. The molecule has 2 rings (SSSR count). The average molecular weight is 253 g/mol. The van der Waals surface area contributed by atoms with Gasteiger partial charge in [-0.1, -0.05) is 0 Å². The SMILES string of the molecule is COCCNc1nc(-c2cncc(F)c2)cs1. The molecule has 0 fully saturated rings. The van der Waals surface area contributed by atoms with Crippen LogP contribution < -0.4 is 5.32 Å². The molecule has 0 unspecified atom stereocenters. The standard InChI is InChI=1S/C11H12FN3OS/c1-16-3-2-14-11-15-10(7-17-11)8-4-9(12)6-13-5-8/h4-7H,2-3H2,1H3,(H,14,15). The number of methoxy groups -OCH3 is 1. The van der Waals surface area contributed by atoms with E-state index in [0.29, 0.717) is 18.7 Å². The summed E-state index contributed by atoms with van der Waals surface area (Å²) in [6.45, 7) is 1.32. The molecule has 0 bridgehead atoms. The Morgan fingerprint density at radius 2 is 2.35 bits per heavy atom. The summed E-state index contributed by atoms with van der Waals surface area (Å²) >= 11 is 1.47. The van der Waals surface area contributed by atoms with Crippen LogP contribution in [0.5, 0.6) is 0 Å². The summed E-state index contributed by atoms with van der Waals surface area (Å²) in [6.07, 6.45) is 2.77. The van der Waals surface area contributed by atoms with Gasteiger partial charge in [-0.25, -0.2) is 9.37 Å². The molecule has 0 amide bonds. The summed E-state index contributed by atoms with van der Waals surface area (Å²) in [5.74, 6) is -0.357. The Morgan fingerprint density at radius 1 is 1.47 bits per heavy atom. The molecule has 4 nitrogen and oxygen atoms in total. The molecule has 0 saturated carbocycles. The van der Waals surface area contributed by atoms with Gasteiger partial charge in [-0.15, -0.1) is 11.3 Å². The summed E-state index contributed by atoms with van der Waals surface area (Å²) in [7, 11) is 1.65. The molecule has 0 atom stereocenters. The highest BCUT2D eigenvalue weighted by Gasteiger charge is 2.05. The number of rotatable bonds is 5. The van der Waals surface area contributed by atoms with Gasteiger partial charge in [-0.2, -0.15) is 0 Å². The molecule has 0 saturated heterocycles. The Morgan fingerprint density at radius 3 is 3.12 bits per heavy atom. The van der Waals surface area contributed by atoms with Crippen molar-refractivity contribution in [3.8, 4) is 11.3 Å². The summed E-state index contributed by atoms with van der Waals surface area (Å²) in [4.78, 5) is 8.13. The molecule has 0 aromatic carbocycles. The van der Waals surface area contributed by atoms with Crippen molar-refractivity contribution >= 4 is 16.5 Å². The summed E-state index contributed by atoms with van der Waals surface area (Å²) in [6, 6.07) is 1.42. The van der Waals surface area contributed by atoms with Crippen LogP contribution in [-0.4, -0.2) is 30.2 Å². The highest BCUT2D eigenvalue weighted by Crippen LogP contribution is 2.24. The van der Waals surface area contributed by atoms with E-state index in [1.165, 1.54) is 23.6 Å². The number of hydrogen-bond donors (Lipinski definition) is 1. The molecule has 0 spiro atoms. The van der Waals surface area contributed by atoms with Crippen molar-refractivity contribution in [2.45, 2.75) is 0 Å². The predicted octanol–water partition coefficient (Wildman–Crippen LogP) is 2.40. The van der Waals surface area contributed by atoms with Crippen LogP contribution in [0.15, 0.2) is 23.8 Å². The molecule has 2 aromatic rings. The molecule has 90 valence electrons. The van der Waals surface area contributed by atoms with Crippen LogP contribution in [0.1, 0.15) is 0 Å². The second kappa shape index (κ2) is 5.70. The van der Waals surface area contributed by atoms with Gasteiger partial charge in [0.1, 0.15) is 5.82 Å². The zero-order chi connectivity index (χ0) is 12.1. The fourth-order valence-electron chi connectivity index (χ4n) is 1.30. The van der Waals surface area contributed by atoms with E-state index >= 15 is 0 Å². The predicted molar refractivity (Wildman–Crippen MR) is 65.7 cm³/mol. The van der Waals surface area contributed by atoms with Crippen molar-refractivity contribution in [3.63, 3.8) is 0 Å². The van der Waals surface area contributed by atoms with E-state index in [9.17, 15) is 4.39 Å². The van der Waals surface area contributed by atoms with Crippen molar-refractivity contribution in [1.82, 2.24) is 9.97 Å². The Balaban J connectivity index is 2.07. The van der Waals surface area contributed by atoms with Crippen molar-refractivity contribution in [3.05, 3.63) is 29.7 Å². The summed E-state index contributed by atoms with van der Waals surface area (Å²) < 4.78 is 17.9. The lowest BCUT2D eigenvalue weighted by atomic mass is 10.2. The Kier molecular flexibility index (Phi) is 4.00. The van der Waals surface area contributed by atoms with Crippen LogP contribution >= 0.6 is 11.3 Å². The normalized spacial score (nSPS) is 10.5. The minimum Gasteiger partial charge on any atom is -0.383 e.